The summed E-state index contributed by atoms with van der Waals surface area (Å²) in [5.41, 5.74) is 2.89. The summed E-state index contributed by atoms with van der Waals surface area (Å²) < 4.78 is 2.09. The Balaban J connectivity index is 0.798. The van der Waals surface area contributed by atoms with Crippen LogP contribution in [0.4, 0.5) is 17.5 Å². The predicted molar refractivity (Wildman–Crippen MR) is 217 cm³/mol. The lowest BCUT2D eigenvalue weighted by atomic mass is 10.0. The average Bonchev–Trinajstić information content (AvgIpc) is 3.95. The van der Waals surface area contributed by atoms with Gasteiger partial charge in [0.15, 0.2) is 0 Å². The molecule has 4 aromatic rings. The van der Waals surface area contributed by atoms with Crippen molar-refractivity contribution in [3.63, 3.8) is 0 Å². The van der Waals surface area contributed by atoms with Gasteiger partial charge in [-0.25, -0.2) is 9.97 Å². The van der Waals surface area contributed by atoms with Gasteiger partial charge in [0.2, 0.25) is 23.7 Å². The van der Waals surface area contributed by atoms with E-state index in [4.69, 9.17) is 4.98 Å². The number of nitrogens with one attached hydrogen (secondary N) is 2. The fraction of sp³-hybridized carbons (Fsp3) is 0.439. The molecule has 2 N–H and O–H groups in total. The zero-order valence-corrected chi connectivity index (χ0v) is 33.4. The highest BCUT2D eigenvalue weighted by Gasteiger charge is 2.45. The molecule has 1 atom stereocenters. The molecule has 3 fully saturated rings. The summed E-state index contributed by atoms with van der Waals surface area (Å²) in [4.78, 5) is 98.0. The van der Waals surface area contributed by atoms with E-state index in [1.807, 2.05) is 29.3 Å². The summed E-state index contributed by atoms with van der Waals surface area (Å²) in [7, 11) is 3.52. The first kappa shape index (κ1) is 39.0. The third-order valence-corrected chi connectivity index (χ3v) is 12.5. The van der Waals surface area contributed by atoms with E-state index in [2.05, 4.69) is 30.1 Å². The Morgan fingerprint density at radius 1 is 0.931 bits per heavy atom. The third-order valence-electron chi connectivity index (χ3n) is 11.3. The summed E-state index contributed by atoms with van der Waals surface area (Å²) in [6.07, 6.45) is 9.88. The molecular formula is C41H46N10O6S. The molecule has 1 saturated carbocycles. The van der Waals surface area contributed by atoms with E-state index in [0.29, 0.717) is 72.7 Å². The number of unbranched alkanes of at least 4 members (excludes halogenated alkanes) is 1. The summed E-state index contributed by atoms with van der Waals surface area (Å²) in [5, 5.41) is 6.28. The van der Waals surface area contributed by atoms with Crippen LogP contribution >= 0.6 is 11.8 Å². The quantitative estimate of drug-likeness (QED) is 0.117. The van der Waals surface area contributed by atoms with Crippen LogP contribution in [0, 0.1) is 0 Å². The molecule has 0 bridgehead atoms. The van der Waals surface area contributed by atoms with Gasteiger partial charge in [-0.1, -0.05) is 18.9 Å². The standard InChI is InChI=1S/C41H46N10O6S/c1-47(2)39(56)30-22-25-23-43-41(46-36(25)50(30)26-8-3-4-9-26)44-32-15-13-27(24-42-32)48-17-19-49(20-18-48)34(53)12-5-6-21-58-31-11-7-10-28-35(31)40(57)51(38(28)55)29-14-16-33(52)45-37(29)54/h7,10-11,13,15,22-24,26,29H,3-6,8-9,12,14,16-21H2,1-2H3,(H,45,52,54)(H,42,43,44,46). The predicted octanol–water partition coefficient (Wildman–Crippen LogP) is 4.40. The zero-order chi connectivity index (χ0) is 40.5. The molecule has 1 aliphatic carbocycles. The van der Waals surface area contributed by atoms with Gasteiger partial charge in [-0.2, -0.15) is 4.98 Å². The van der Waals surface area contributed by atoms with Gasteiger partial charge in [-0.15, -0.1) is 11.8 Å². The van der Waals surface area contributed by atoms with E-state index in [9.17, 15) is 28.8 Å². The molecule has 1 unspecified atom stereocenters. The molecule has 58 heavy (non-hydrogen) atoms. The number of carbonyl (C=O) groups is 6. The van der Waals surface area contributed by atoms with Crippen LogP contribution in [0.25, 0.3) is 11.0 Å². The number of piperazine rings is 1. The minimum atomic E-state index is -1.00. The normalized spacial score (nSPS) is 18.6. The van der Waals surface area contributed by atoms with Gasteiger partial charge in [-0.05, 0) is 68.2 Å². The van der Waals surface area contributed by atoms with Crippen LogP contribution in [0.3, 0.4) is 0 Å². The van der Waals surface area contributed by atoms with Gasteiger partial charge in [0.1, 0.15) is 23.2 Å². The van der Waals surface area contributed by atoms with E-state index < -0.39 is 29.7 Å². The number of carbonyl (C=O) groups excluding carboxylic acids is 6. The van der Waals surface area contributed by atoms with Crippen molar-refractivity contribution in [3.05, 3.63) is 65.6 Å². The topological polar surface area (TPSA) is 183 Å². The molecule has 6 heterocycles. The minimum Gasteiger partial charge on any atom is -0.367 e. The largest absolute Gasteiger partial charge is 0.367 e. The number of fused-ring (bicyclic) bond motifs is 2. The highest BCUT2D eigenvalue weighted by molar-refractivity contribution is 7.99. The summed E-state index contributed by atoms with van der Waals surface area (Å²) in [6, 6.07) is 10.1. The molecule has 6 amide bonds. The maximum atomic E-state index is 13.4. The van der Waals surface area contributed by atoms with E-state index in [1.54, 1.807) is 43.4 Å². The lowest BCUT2D eigenvalue weighted by molar-refractivity contribution is -0.136. The van der Waals surface area contributed by atoms with Crippen molar-refractivity contribution in [1.29, 1.82) is 0 Å². The Morgan fingerprint density at radius 2 is 1.72 bits per heavy atom. The maximum Gasteiger partial charge on any atom is 0.270 e. The summed E-state index contributed by atoms with van der Waals surface area (Å²) >= 11 is 1.46. The van der Waals surface area contributed by atoms with Crippen molar-refractivity contribution < 1.29 is 28.8 Å². The number of amides is 6. The van der Waals surface area contributed by atoms with Crippen LogP contribution in [0.1, 0.15) is 95.0 Å². The second-order valence-corrected chi connectivity index (χ2v) is 16.5. The van der Waals surface area contributed by atoms with Crippen molar-refractivity contribution >= 4 is 75.7 Å². The number of imide groups is 2. The van der Waals surface area contributed by atoms with Crippen molar-refractivity contribution in [2.45, 2.75) is 74.8 Å². The van der Waals surface area contributed by atoms with Gasteiger partial charge in [-0.3, -0.25) is 39.0 Å². The Morgan fingerprint density at radius 3 is 2.45 bits per heavy atom. The fourth-order valence-corrected chi connectivity index (χ4v) is 9.38. The number of benzene rings is 1. The molecule has 17 heteroatoms. The SMILES string of the molecule is CN(C)C(=O)c1cc2cnc(Nc3ccc(N4CCN(C(=O)CCCCSc5cccc6c5C(=O)N(C5CCC(=O)NC5=O)C6=O)CC4)cn3)nc2n1C1CCCC1. The number of thioether (sulfide) groups is 1. The Bertz CT molecular complexity index is 2280. The van der Waals surface area contributed by atoms with Crippen molar-refractivity contribution in [2.75, 3.05) is 56.2 Å². The third kappa shape index (κ3) is 7.74. The molecule has 1 aromatic carbocycles. The number of aromatic nitrogens is 4. The summed E-state index contributed by atoms with van der Waals surface area (Å²) in [5.74, 6) is -0.354. The van der Waals surface area contributed by atoms with Gasteiger partial charge >= 0.3 is 0 Å². The molecule has 3 aromatic heterocycles. The zero-order valence-electron chi connectivity index (χ0n) is 32.6. The second kappa shape index (κ2) is 16.6. The van der Waals surface area contributed by atoms with Gasteiger partial charge < -0.3 is 24.6 Å². The van der Waals surface area contributed by atoms with Crippen LogP contribution in [0.5, 0.6) is 0 Å². The minimum absolute atomic E-state index is 0.0512. The monoisotopic (exact) mass is 806 g/mol. The van der Waals surface area contributed by atoms with Gasteiger partial charge in [0, 0.05) is 75.6 Å². The molecule has 0 spiro atoms. The molecule has 0 radical (unpaired) electrons. The van der Waals surface area contributed by atoms with Crippen LogP contribution in [-0.2, 0) is 14.4 Å². The molecule has 302 valence electrons. The van der Waals surface area contributed by atoms with Crippen molar-refractivity contribution in [1.82, 2.24) is 39.5 Å². The number of hydrogen-bond acceptors (Lipinski definition) is 12. The number of hydrogen-bond donors (Lipinski definition) is 2. The molecule has 3 aliphatic heterocycles. The van der Waals surface area contributed by atoms with Crippen LogP contribution in [-0.4, -0.2) is 122 Å². The number of anilines is 3. The Hall–Kier alpha value is -5.84. The van der Waals surface area contributed by atoms with Crippen molar-refractivity contribution in [2.24, 2.45) is 0 Å². The highest BCUT2D eigenvalue weighted by atomic mass is 32.2. The number of nitrogens with zero attached hydrogens (tertiary/aromatic N) is 8. The first-order valence-corrected chi connectivity index (χ1v) is 20.9. The molecule has 16 nitrogen and oxygen atoms in total. The maximum absolute atomic E-state index is 13.4. The van der Waals surface area contributed by atoms with Gasteiger partial charge in [0.05, 0.1) is 23.0 Å². The first-order valence-electron chi connectivity index (χ1n) is 19.9. The molecule has 2 saturated heterocycles. The molecular weight excluding hydrogens is 761 g/mol. The Kier molecular flexibility index (Phi) is 11.1. The van der Waals surface area contributed by atoms with Crippen LogP contribution < -0.4 is 15.5 Å². The number of piperidine rings is 1. The van der Waals surface area contributed by atoms with Crippen molar-refractivity contribution in [3.8, 4) is 0 Å². The van der Waals surface area contributed by atoms with E-state index >= 15 is 0 Å². The van der Waals surface area contributed by atoms with E-state index in [-0.39, 0.29) is 36.3 Å². The fourth-order valence-electron chi connectivity index (χ4n) is 8.29. The average molecular weight is 807 g/mol. The van der Waals surface area contributed by atoms with Crippen LogP contribution in [0.2, 0.25) is 0 Å². The number of pyridine rings is 1. The smallest absolute Gasteiger partial charge is 0.270 e. The lowest BCUT2D eigenvalue weighted by Gasteiger charge is -2.36. The number of rotatable bonds is 12. The van der Waals surface area contributed by atoms with Gasteiger partial charge in [0.25, 0.3) is 17.7 Å². The highest BCUT2D eigenvalue weighted by Crippen LogP contribution is 2.36. The first-order chi connectivity index (χ1) is 28.1. The lowest BCUT2D eigenvalue weighted by Crippen LogP contribution is -2.54. The van der Waals surface area contributed by atoms with E-state index in [0.717, 1.165) is 53.7 Å². The molecule has 4 aliphatic rings. The summed E-state index contributed by atoms with van der Waals surface area (Å²) in [6.45, 7) is 2.58. The second-order valence-electron chi connectivity index (χ2n) is 15.3. The van der Waals surface area contributed by atoms with E-state index in [1.165, 1.54) is 11.8 Å². The Labute approximate surface area is 339 Å². The molecule has 8 rings (SSSR count). The van der Waals surface area contributed by atoms with Crippen LogP contribution in [0.15, 0.2) is 53.7 Å².